The maximum absolute atomic E-state index is 5.92. The second-order valence-electron chi connectivity index (χ2n) is 4.05. The Labute approximate surface area is 93.7 Å². The Balaban J connectivity index is 2.54. The van der Waals surface area contributed by atoms with Crippen LogP contribution in [0, 0.1) is 6.92 Å². The Bertz CT molecular complexity index is 625. The summed E-state index contributed by atoms with van der Waals surface area (Å²) in [6.07, 6.45) is 0. The van der Waals surface area contributed by atoms with Gasteiger partial charge in [-0.3, -0.25) is 0 Å². The Morgan fingerprint density at radius 1 is 1.06 bits per heavy atom. The van der Waals surface area contributed by atoms with Gasteiger partial charge in [0.1, 0.15) is 0 Å². The van der Waals surface area contributed by atoms with Gasteiger partial charge in [0, 0.05) is 10.8 Å². The Morgan fingerprint density at radius 3 is 2.75 bits per heavy atom. The summed E-state index contributed by atoms with van der Waals surface area (Å²) in [7, 11) is 0. The summed E-state index contributed by atoms with van der Waals surface area (Å²) in [5.41, 5.74) is 9.80. The molecule has 1 heterocycles. The molecule has 0 radical (unpaired) electrons. The van der Waals surface area contributed by atoms with Crippen LogP contribution in [0.15, 0.2) is 42.5 Å². The largest absolute Gasteiger partial charge is 0.397 e. The van der Waals surface area contributed by atoms with Crippen molar-refractivity contribution in [1.82, 2.24) is 4.98 Å². The summed E-state index contributed by atoms with van der Waals surface area (Å²) in [6.45, 7) is 2.10. The molecule has 0 unspecified atom stereocenters. The van der Waals surface area contributed by atoms with E-state index < -0.39 is 0 Å². The van der Waals surface area contributed by atoms with Crippen molar-refractivity contribution in [3.05, 3.63) is 48.0 Å². The van der Waals surface area contributed by atoms with Gasteiger partial charge < -0.3 is 5.73 Å². The normalized spacial score (nSPS) is 11.1. The molecule has 2 heteroatoms. The number of pyridine rings is 1. The maximum Gasteiger partial charge on any atom is 0.0938 e. The standard InChI is InChI=1S/C14H12N2/c1-9-4-2-7-13-11(9)8-10-5-3-6-12(15)14(10)16-13/h2-8H,15H2,1H3. The molecule has 0 aliphatic heterocycles. The number of anilines is 1. The number of nitrogens with two attached hydrogens (primary N) is 1. The lowest BCUT2D eigenvalue weighted by Crippen LogP contribution is -1.90. The van der Waals surface area contributed by atoms with Gasteiger partial charge in [-0.1, -0.05) is 24.3 Å². The lowest BCUT2D eigenvalue weighted by Gasteiger charge is -2.05. The van der Waals surface area contributed by atoms with Crippen LogP contribution in [0.2, 0.25) is 0 Å². The van der Waals surface area contributed by atoms with Crippen LogP contribution in [0.1, 0.15) is 5.56 Å². The van der Waals surface area contributed by atoms with Gasteiger partial charge in [-0.15, -0.1) is 0 Å². The molecule has 2 nitrogen and oxygen atoms in total. The number of aromatic nitrogens is 1. The molecule has 3 aromatic rings. The summed E-state index contributed by atoms with van der Waals surface area (Å²) < 4.78 is 0. The minimum absolute atomic E-state index is 0.737. The topological polar surface area (TPSA) is 38.9 Å². The van der Waals surface area contributed by atoms with E-state index in [0.29, 0.717) is 0 Å². The van der Waals surface area contributed by atoms with E-state index in [2.05, 4.69) is 24.0 Å². The van der Waals surface area contributed by atoms with Gasteiger partial charge in [-0.25, -0.2) is 4.98 Å². The number of aryl methyl sites for hydroxylation is 1. The number of nitrogens with zero attached hydrogens (tertiary/aromatic N) is 1. The SMILES string of the molecule is Cc1cccc2nc3c(N)cccc3cc12. The fraction of sp³-hybridized carbons (Fsp3) is 0.0714. The van der Waals surface area contributed by atoms with E-state index in [1.165, 1.54) is 10.9 Å². The van der Waals surface area contributed by atoms with Crippen molar-refractivity contribution in [1.29, 1.82) is 0 Å². The van der Waals surface area contributed by atoms with E-state index in [-0.39, 0.29) is 0 Å². The number of rotatable bonds is 0. The number of hydrogen-bond donors (Lipinski definition) is 1. The highest BCUT2D eigenvalue weighted by Gasteiger charge is 2.03. The molecule has 16 heavy (non-hydrogen) atoms. The number of nitrogen functional groups attached to an aromatic ring is 1. The van der Waals surface area contributed by atoms with Gasteiger partial charge in [0.25, 0.3) is 0 Å². The summed E-state index contributed by atoms with van der Waals surface area (Å²) in [5, 5.41) is 2.29. The van der Waals surface area contributed by atoms with Gasteiger partial charge in [0.2, 0.25) is 0 Å². The molecular formula is C14H12N2. The Kier molecular flexibility index (Phi) is 1.83. The molecule has 0 saturated carbocycles. The lowest BCUT2D eigenvalue weighted by atomic mass is 10.1. The number of hydrogen-bond acceptors (Lipinski definition) is 2. The lowest BCUT2D eigenvalue weighted by molar-refractivity contribution is 1.46. The maximum atomic E-state index is 5.92. The molecule has 0 aliphatic rings. The summed E-state index contributed by atoms with van der Waals surface area (Å²) in [5.74, 6) is 0. The Hall–Kier alpha value is -2.09. The third-order valence-corrected chi connectivity index (χ3v) is 2.93. The van der Waals surface area contributed by atoms with Crippen LogP contribution in [0.3, 0.4) is 0 Å². The first-order valence-electron chi connectivity index (χ1n) is 5.30. The van der Waals surface area contributed by atoms with Crippen molar-refractivity contribution in [3.8, 4) is 0 Å². The van der Waals surface area contributed by atoms with E-state index in [4.69, 9.17) is 5.73 Å². The Morgan fingerprint density at radius 2 is 1.88 bits per heavy atom. The van der Waals surface area contributed by atoms with Crippen molar-refractivity contribution in [2.75, 3.05) is 5.73 Å². The summed E-state index contributed by atoms with van der Waals surface area (Å²) in [6, 6.07) is 14.2. The number of benzene rings is 2. The molecule has 78 valence electrons. The van der Waals surface area contributed by atoms with Crippen LogP contribution < -0.4 is 5.73 Å². The second-order valence-corrected chi connectivity index (χ2v) is 4.05. The van der Waals surface area contributed by atoms with Crippen LogP contribution in [0.5, 0.6) is 0 Å². The van der Waals surface area contributed by atoms with Crippen LogP contribution in [-0.4, -0.2) is 4.98 Å². The van der Waals surface area contributed by atoms with Gasteiger partial charge in [0.05, 0.1) is 16.7 Å². The molecule has 2 N–H and O–H groups in total. The number of para-hydroxylation sites is 1. The summed E-state index contributed by atoms with van der Waals surface area (Å²) in [4.78, 5) is 4.61. The van der Waals surface area contributed by atoms with Gasteiger partial charge in [-0.05, 0) is 30.7 Å². The molecule has 0 atom stereocenters. The average molecular weight is 208 g/mol. The monoisotopic (exact) mass is 208 g/mol. The van der Waals surface area contributed by atoms with Gasteiger partial charge >= 0.3 is 0 Å². The zero-order valence-electron chi connectivity index (χ0n) is 9.07. The van der Waals surface area contributed by atoms with Crippen LogP contribution in [0.4, 0.5) is 5.69 Å². The van der Waals surface area contributed by atoms with Crippen LogP contribution in [-0.2, 0) is 0 Å². The molecule has 0 saturated heterocycles. The predicted octanol–water partition coefficient (Wildman–Crippen LogP) is 3.28. The van der Waals surface area contributed by atoms with Crippen LogP contribution >= 0.6 is 0 Å². The molecule has 0 fully saturated rings. The summed E-state index contributed by atoms with van der Waals surface area (Å²) >= 11 is 0. The minimum atomic E-state index is 0.737. The van der Waals surface area contributed by atoms with E-state index >= 15 is 0 Å². The molecule has 0 bridgehead atoms. The zero-order valence-corrected chi connectivity index (χ0v) is 9.07. The molecule has 0 spiro atoms. The highest BCUT2D eigenvalue weighted by molar-refractivity contribution is 5.98. The van der Waals surface area contributed by atoms with Gasteiger partial charge in [-0.2, -0.15) is 0 Å². The third-order valence-electron chi connectivity index (χ3n) is 2.93. The third kappa shape index (κ3) is 1.23. The van der Waals surface area contributed by atoms with Crippen molar-refractivity contribution >= 4 is 27.5 Å². The van der Waals surface area contributed by atoms with E-state index in [9.17, 15) is 0 Å². The van der Waals surface area contributed by atoms with E-state index in [0.717, 1.165) is 22.1 Å². The molecule has 3 rings (SSSR count). The second kappa shape index (κ2) is 3.20. The average Bonchev–Trinajstić information content (AvgIpc) is 2.29. The minimum Gasteiger partial charge on any atom is -0.397 e. The highest BCUT2D eigenvalue weighted by Crippen LogP contribution is 2.25. The van der Waals surface area contributed by atoms with Crippen molar-refractivity contribution in [3.63, 3.8) is 0 Å². The molecule has 0 aliphatic carbocycles. The van der Waals surface area contributed by atoms with E-state index in [1.807, 2.05) is 30.3 Å². The van der Waals surface area contributed by atoms with E-state index in [1.54, 1.807) is 0 Å². The van der Waals surface area contributed by atoms with Crippen LogP contribution in [0.25, 0.3) is 21.8 Å². The predicted molar refractivity (Wildman–Crippen MR) is 68.4 cm³/mol. The molecule has 2 aromatic carbocycles. The molecule has 0 amide bonds. The van der Waals surface area contributed by atoms with Crippen molar-refractivity contribution in [2.24, 2.45) is 0 Å². The first-order valence-corrected chi connectivity index (χ1v) is 5.30. The molecular weight excluding hydrogens is 196 g/mol. The quantitative estimate of drug-likeness (QED) is 0.455. The fourth-order valence-electron chi connectivity index (χ4n) is 2.05. The number of fused-ring (bicyclic) bond motifs is 2. The molecule has 1 aromatic heterocycles. The van der Waals surface area contributed by atoms with Crippen molar-refractivity contribution < 1.29 is 0 Å². The zero-order chi connectivity index (χ0) is 11.1. The first-order chi connectivity index (χ1) is 7.75. The highest BCUT2D eigenvalue weighted by atomic mass is 14.7. The van der Waals surface area contributed by atoms with Gasteiger partial charge in [0.15, 0.2) is 0 Å². The smallest absolute Gasteiger partial charge is 0.0938 e. The fourth-order valence-corrected chi connectivity index (χ4v) is 2.05. The first kappa shape index (κ1) is 9.16. The van der Waals surface area contributed by atoms with Crippen molar-refractivity contribution in [2.45, 2.75) is 6.92 Å².